The molecule has 1 aliphatic rings. The Kier molecular flexibility index (Phi) is 6.35. The molecule has 2 aromatic rings. The maximum Gasteiger partial charge on any atom is 0.256 e. The van der Waals surface area contributed by atoms with E-state index in [0.717, 1.165) is 36.4 Å². The highest BCUT2D eigenvalue weighted by atomic mass is 35.5. The molecule has 0 spiro atoms. The number of nitrogens with zero attached hydrogens (tertiary/aromatic N) is 3. The lowest BCUT2D eigenvalue weighted by molar-refractivity contribution is -0.124. The van der Waals surface area contributed by atoms with Gasteiger partial charge in [0.1, 0.15) is 5.41 Å². The van der Waals surface area contributed by atoms with Crippen molar-refractivity contribution in [2.75, 3.05) is 38.7 Å². The Hall–Kier alpha value is -1.59. The zero-order chi connectivity index (χ0) is 20.5. The summed E-state index contributed by atoms with van der Waals surface area (Å²) in [4.78, 5) is 16.2. The van der Waals surface area contributed by atoms with Crippen molar-refractivity contribution in [1.82, 2.24) is 9.91 Å². The SMILES string of the molecule is CCN(CC)CC[C@@]1(c2ccc(Cl)cc2)C(=O)N(N(C)C)c2cc(Cl)ccc21. The molecule has 0 saturated heterocycles. The first kappa shape index (κ1) is 21.1. The minimum Gasteiger partial charge on any atom is -0.304 e. The molecule has 0 bridgehead atoms. The average Bonchev–Trinajstić information content (AvgIpc) is 2.91. The number of hydrazine groups is 1. The summed E-state index contributed by atoms with van der Waals surface area (Å²) < 4.78 is 0. The second-order valence-corrected chi connectivity index (χ2v) is 8.19. The second kappa shape index (κ2) is 8.42. The monoisotopic (exact) mass is 419 g/mol. The van der Waals surface area contributed by atoms with E-state index in [4.69, 9.17) is 23.2 Å². The van der Waals surface area contributed by atoms with Gasteiger partial charge in [-0.25, -0.2) is 10.0 Å². The lowest BCUT2D eigenvalue weighted by Crippen LogP contribution is -2.48. The van der Waals surface area contributed by atoms with Gasteiger partial charge in [0.2, 0.25) is 0 Å². The van der Waals surface area contributed by atoms with E-state index in [2.05, 4.69) is 18.7 Å². The lowest BCUT2D eigenvalue weighted by Gasteiger charge is -2.33. The van der Waals surface area contributed by atoms with Crippen molar-refractivity contribution >= 4 is 34.8 Å². The fourth-order valence-electron chi connectivity index (χ4n) is 4.11. The van der Waals surface area contributed by atoms with Crippen LogP contribution < -0.4 is 5.01 Å². The first-order valence-electron chi connectivity index (χ1n) is 9.65. The molecule has 0 fully saturated rings. The summed E-state index contributed by atoms with van der Waals surface area (Å²) in [6, 6.07) is 13.4. The number of fused-ring (bicyclic) bond motifs is 1. The van der Waals surface area contributed by atoms with Gasteiger partial charge < -0.3 is 4.90 Å². The molecule has 28 heavy (non-hydrogen) atoms. The standard InChI is InChI=1S/C22H27Cl2N3O/c1-5-26(6-2)14-13-22(16-7-9-17(23)10-8-16)19-12-11-18(24)15-20(19)27(21(22)28)25(3)4/h7-12,15H,5-6,13-14H2,1-4H3/t22-/m0/s1. The second-order valence-electron chi connectivity index (χ2n) is 7.31. The fraction of sp³-hybridized carbons (Fsp3) is 0.409. The smallest absolute Gasteiger partial charge is 0.256 e. The largest absolute Gasteiger partial charge is 0.304 e. The maximum atomic E-state index is 13.9. The van der Waals surface area contributed by atoms with Gasteiger partial charge in [0.15, 0.2) is 0 Å². The molecule has 1 aliphatic heterocycles. The van der Waals surface area contributed by atoms with Crippen LogP contribution in [0.4, 0.5) is 5.69 Å². The summed E-state index contributed by atoms with van der Waals surface area (Å²) in [5.74, 6) is 0.0456. The fourth-order valence-corrected chi connectivity index (χ4v) is 4.40. The molecule has 0 unspecified atom stereocenters. The number of hydrogen-bond donors (Lipinski definition) is 0. The summed E-state index contributed by atoms with van der Waals surface area (Å²) in [5, 5.41) is 4.84. The molecule has 4 nitrogen and oxygen atoms in total. The van der Waals surface area contributed by atoms with E-state index in [9.17, 15) is 4.79 Å². The summed E-state index contributed by atoms with van der Waals surface area (Å²) in [7, 11) is 3.76. The molecule has 150 valence electrons. The first-order chi connectivity index (χ1) is 13.3. The van der Waals surface area contributed by atoms with Gasteiger partial charge in [-0.2, -0.15) is 0 Å². The van der Waals surface area contributed by atoms with Crippen molar-refractivity contribution in [3.8, 4) is 0 Å². The van der Waals surface area contributed by atoms with E-state index in [1.165, 1.54) is 0 Å². The van der Waals surface area contributed by atoms with Crippen molar-refractivity contribution in [1.29, 1.82) is 0 Å². The van der Waals surface area contributed by atoms with Crippen LogP contribution in [0.5, 0.6) is 0 Å². The number of amides is 1. The molecule has 3 rings (SSSR count). The van der Waals surface area contributed by atoms with Gasteiger partial charge in [0.25, 0.3) is 5.91 Å². The number of halogens is 2. The highest BCUT2D eigenvalue weighted by Crippen LogP contribution is 2.49. The summed E-state index contributed by atoms with van der Waals surface area (Å²) in [5.41, 5.74) is 2.03. The van der Waals surface area contributed by atoms with E-state index < -0.39 is 5.41 Å². The molecule has 0 radical (unpaired) electrons. The highest BCUT2D eigenvalue weighted by molar-refractivity contribution is 6.31. The van der Waals surface area contributed by atoms with Crippen LogP contribution in [-0.4, -0.2) is 49.5 Å². The van der Waals surface area contributed by atoms with Crippen LogP contribution in [0.2, 0.25) is 10.0 Å². The molecule has 0 N–H and O–H groups in total. The maximum absolute atomic E-state index is 13.9. The summed E-state index contributed by atoms with van der Waals surface area (Å²) >= 11 is 12.4. The Labute approximate surface area is 177 Å². The van der Waals surface area contributed by atoms with E-state index in [1.54, 1.807) is 5.01 Å². The third-order valence-corrected chi connectivity index (χ3v) is 6.13. The Morgan fingerprint density at radius 2 is 1.57 bits per heavy atom. The van der Waals surface area contributed by atoms with E-state index >= 15 is 0 Å². The molecule has 1 heterocycles. The Bertz CT molecular complexity index is 849. The number of hydrogen-bond acceptors (Lipinski definition) is 3. The molecule has 2 aromatic carbocycles. The van der Waals surface area contributed by atoms with Gasteiger partial charge in [-0.05, 0) is 61.4 Å². The normalized spacial score (nSPS) is 19.0. The number of rotatable bonds is 7. The van der Waals surface area contributed by atoms with E-state index in [0.29, 0.717) is 16.5 Å². The predicted octanol–water partition coefficient (Wildman–Crippen LogP) is 4.83. The van der Waals surface area contributed by atoms with Gasteiger partial charge in [0.05, 0.1) is 5.69 Å². The minimum atomic E-state index is -0.766. The quantitative estimate of drug-likeness (QED) is 0.642. The van der Waals surface area contributed by atoms with Gasteiger partial charge in [-0.3, -0.25) is 4.79 Å². The van der Waals surface area contributed by atoms with Gasteiger partial charge in [-0.1, -0.05) is 55.2 Å². The topological polar surface area (TPSA) is 26.8 Å². The van der Waals surface area contributed by atoms with Crippen LogP contribution in [0.3, 0.4) is 0 Å². The lowest BCUT2D eigenvalue weighted by atomic mass is 9.72. The van der Waals surface area contributed by atoms with Crippen LogP contribution in [0, 0.1) is 0 Å². The summed E-state index contributed by atoms with van der Waals surface area (Å²) in [6.07, 6.45) is 0.689. The average molecular weight is 420 g/mol. The molecule has 1 atom stereocenters. The molecule has 1 amide bonds. The number of benzene rings is 2. The van der Waals surface area contributed by atoms with Crippen LogP contribution in [0.25, 0.3) is 0 Å². The number of carbonyl (C=O) groups is 1. The molecule has 6 heteroatoms. The van der Waals surface area contributed by atoms with Crippen molar-refractivity contribution in [2.24, 2.45) is 0 Å². The van der Waals surface area contributed by atoms with Gasteiger partial charge in [-0.15, -0.1) is 0 Å². The van der Waals surface area contributed by atoms with Crippen LogP contribution in [-0.2, 0) is 10.2 Å². The first-order valence-corrected chi connectivity index (χ1v) is 10.4. The molecule has 0 saturated carbocycles. The Morgan fingerprint density at radius 3 is 2.14 bits per heavy atom. The zero-order valence-corrected chi connectivity index (χ0v) is 18.4. The van der Waals surface area contributed by atoms with Crippen LogP contribution >= 0.6 is 23.2 Å². The third kappa shape index (κ3) is 3.55. The molecular formula is C22H27Cl2N3O. The van der Waals surface area contributed by atoms with Crippen molar-refractivity contribution in [2.45, 2.75) is 25.7 Å². The zero-order valence-electron chi connectivity index (χ0n) is 16.9. The van der Waals surface area contributed by atoms with Crippen molar-refractivity contribution in [3.05, 3.63) is 63.6 Å². The highest BCUT2D eigenvalue weighted by Gasteiger charge is 2.52. The van der Waals surface area contributed by atoms with Crippen molar-refractivity contribution in [3.63, 3.8) is 0 Å². The molecule has 0 aliphatic carbocycles. The number of anilines is 1. The van der Waals surface area contributed by atoms with E-state index in [1.807, 2.05) is 61.6 Å². The van der Waals surface area contributed by atoms with Crippen LogP contribution in [0.15, 0.2) is 42.5 Å². The molecule has 0 aromatic heterocycles. The number of carbonyl (C=O) groups excluding carboxylic acids is 1. The van der Waals surface area contributed by atoms with Gasteiger partial charge in [0, 0.05) is 24.1 Å². The van der Waals surface area contributed by atoms with Gasteiger partial charge >= 0.3 is 0 Å². The molecular weight excluding hydrogens is 393 g/mol. The van der Waals surface area contributed by atoms with E-state index in [-0.39, 0.29) is 5.91 Å². The third-order valence-electron chi connectivity index (χ3n) is 5.64. The van der Waals surface area contributed by atoms with Crippen LogP contribution in [0.1, 0.15) is 31.4 Å². The Morgan fingerprint density at radius 1 is 0.964 bits per heavy atom. The summed E-state index contributed by atoms with van der Waals surface area (Å²) in [6.45, 7) is 7.02. The van der Waals surface area contributed by atoms with Crippen molar-refractivity contribution < 1.29 is 4.79 Å². The minimum absolute atomic E-state index is 0.0456. The predicted molar refractivity (Wildman–Crippen MR) is 117 cm³/mol. The Balaban J connectivity index is 2.20.